The SMILES string of the molecule is C=C/C(C)=C/N(/C=C(\C)C=C)CC[C@H](c1ccccc1)c1cc(CO)ccc1OCc1ccccc1. The standard InChI is InChI=1S/C33H37NO2/c1-5-26(3)22-34(23-27(4)6-2)20-19-31(30-15-11-8-12-16-30)32-21-29(24-35)17-18-33(32)36-25-28-13-9-7-10-14-28/h5-18,21-23,31,35H,1-2,19-20,24-25H2,3-4H3/b26-22+,27-23+/t31-/m1/s1. The molecule has 1 atom stereocenters. The van der Waals surface area contributed by atoms with Gasteiger partial charge in [-0.05, 0) is 60.2 Å². The number of allylic oxidation sites excluding steroid dienone is 4. The molecule has 0 aliphatic heterocycles. The van der Waals surface area contributed by atoms with Crippen LogP contribution in [0, 0.1) is 0 Å². The molecule has 0 bridgehead atoms. The van der Waals surface area contributed by atoms with Gasteiger partial charge in [0, 0.05) is 30.4 Å². The molecular weight excluding hydrogens is 442 g/mol. The van der Waals surface area contributed by atoms with E-state index >= 15 is 0 Å². The molecule has 186 valence electrons. The second kappa shape index (κ2) is 13.9. The fraction of sp³-hybridized carbons (Fsp3) is 0.212. The van der Waals surface area contributed by atoms with E-state index in [-0.39, 0.29) is 12.5 Å². The van der Waals surface area contributed by atoms with E-state index in [0.717, 1.165) is 46.6 Å². The van der Waals surface area contributed by atoms with E-state index in [1.165, 1.54) is 5.56 Å². The van der Waals surface area contributed by atoms with Gasteiger partial charge in [0.25, 0.3) is 0 Å². The molecule has 0 aliphatic carbocycles. The number of aliphatic hydroxyl groups is 1. The van der Waals surface area contributed by atoms with E-state index in [4.69, 9.17) is 4.74 Å². The molecule has 0 aliphatic rings. The summed E-state index contributed by atoms with van der Waals surface area (Å²) in [6.45, 7) is 13.2. The molecule has 3 aromatic carbocycles. The van der Waals surface area contributed by atoms with E-state index in [9.17, 15) is 5.11 Å². The number of aliphatic hydroxyl groups excluding tert-OH is 1. The minimum atomic E-state index is -0.0118. The zero-order valence-corrected chi connectivity index (χ0v) is 21.4. The quantitative estimate of drug-likeness (QED) is 0.254. The van der Waals surface area contributed by atoms with Crippen molar-refractivity contribution in [1.82, 2.24) is 4.90 Å². The van der Waals surface area contributed by atoms with Crippen molar-refractivity contribution in [2.75, 3.05) is 6.54 Å². The summed E-state index contributed by atoms with van der Waals surface area (Å²) in [6, 6.07) is 26.7. The van der Waals surface area contributed by atoms with Crippen LogP contribution in [0.4, 0.5) is 0 Å². The van der Waals surface area contributed by atoms with Gasteiger partial charge in [-0.1, -0.05) is 92.0 Å². The topological polar surface area (TPSA) is 32.7 Å². The minimum absolute atomic E-state index is 0.0118. The highest BCUT2D eigenvalue weighted by Gasteiger charge is 2.20. The van der Waals surface area contributed by atoms with Gasteiger partial charge >= 0.3 is 0 Å². The smallest absolute Gasteiger partial charge is 0.123 e. The summed E-state index contributed by atoms with van der Waals surface area (Å²) in [5.74, 6) is 0.924. The third-order valence-electron chi connectivity index (χ3n) is 6.13. The molecule has 3 rings (SSSR count). The maximum Gasteiger partial charge on any atom is 0.123 e. The van der Waals surface area contributed by atoms with Crippen molar-refractivity contribution >= 4 is 0 Å². The molecule has 1 N–H and O–H groups in total. The van der Waals surface area contributed by atoms with Crippen molar-refractivity contribution in [1.29, 1.82) is 0 Å². The van der Waals surface area contributed by atoms with Crippen LogP contribution >= 0.6 is 0 Å². The van der Waals surface area contributed by atoms with E-state index < -0.39 is 0 Å². The van der Waals surface area contributed by atoms with Crippen molar-refractivity contribution in [2.45, 2.75) is 39.4 Å². The average Bonchev–Trinajstić information content (AvgIpc) is 2.93. The molecule has 0 spiro atoms. The molecule has 36 heavy (non-hydrogen) atoms. The first-order valence-corrected chi connectivity index (χ1v) is 12.4. The van der Waals surface area contributed by atoms with Gasteiger partial charge in [-0.15, -0.1) is 0 Å². The van der Waals surface area contributed by atoms with Crippen LogP contribution < -0.4 is 4.74 Å². The van der Waals surface area contributed by atoms with Gasteiger partial charge in [-0.25, -0.2) is 0 Å². The second-order valence-electron chi connectivity index (χ2n) is 8.95. The zero-order valence-electron chi connectivity index (χ0n) is 21.4. The molecule has 0 heterocycles. The Balaban J connectivity index is 1.98. The van der Waals surface area contributed by atoms with Gasteiger partial charge in [0.15, 0.2) is 0 Å². The predicted molar refractivity (Wildman–Crippen MR) is 151 cm³/mol. The van der Waals surface area contributed by atoms with Crippen LogP contribution in [0.25, 0.3) is 0 Å². The summed E-state index contributed by atoms with van der Waals surface area (Å²) in [7, 11) is 0. The number of ether oxygens (including phenoxy) is 1. The molecule has 0 unspecified atom stereocenters. The Labute approximate surface area is 216 Å². The first-order chi connectivity index (χ1) is 17.5. The molecule has 0 saturated heterocycles. The van der Waals surface area contributed by atoms with Gasteiger partial charge < -0.3 is 14.7 Å². The highest BCUT2D eigenvalue weighted by Crippen LogP contribution is 2.36. The van der Waals surface area contributed by atoms with Crippen molar-refractivity contribution in [3.8, 4) is 5.75 Å². The lowest BCUT2D eigenvalue weighted by molar-refractivity contribution is 0.280. The van der Waals surface area contributed by atoms with Crippen LogP contribution in [0.1, 0.15) is 48.4 Å². The van der Waals surface area contributed by atoms with Gasteiger partial charge in [0.05, 0.1) is 6.61 Å². The van der Waals surface area contributed by atoms with Gasteiger partial charge in [-0.3, -0.25) is 0 Å². The Kier molecular flexibility index (Phi) is 10.3. The number of benzene rings is 3. The monoisotopic (exact) mass is 479 g/mol. The summed E-state index contributed by atoms with van der Waals surface area (Å²) in [4.78, 5) is 2.20. The van der Waals surface area contributed by atoms with Crippen molar-refractivity contribution < 1.29 is 9.84 Å². The zero-order chi connectivity index (χ0) is 25.8. The predicted octanol–water partition coefficient (Wildman–Crippen LogP) is 7.76. The van der Waals surface area contributed by atoms with Crippen LogP contribution in [0.5, 0.6) is 5.75 Å². The Morgan fingerprint density at radius 3 is 2.06 bits per heavy atom. The molecule has 0 radical (unpaired) electrons. The van der Waals surface area contributed by atoms with E-state index in [0.29, 0.717) is 6.61 Å². The summed E-state index contributed by atoms with van der Waals surface area (Å²) in [5, 5.41) is 9.90. The minimum Gasteiger partial charge on any atom is -0.489 e. The van der Waals surface area contributed by atoms with Crippen molar-refractivity contribution in [2.24, 2.45) is 0 Å². The molecule has 3 aromatic rings. The van der Waals surface area contributed by atoms with Crippen LogP contribution in [0.3, 0.4) is 0 Å². The molecule has 0 fully saturated rings. The van der Waals surface area contributed by atoms with E-state index in [1.807, 2.05) is 62.4 Å². The summed E-state index contributed by atoms with van der Waals surface area (Å²) in [5.41, 5.74) is 6.47. The Bertz CT molecular complexity index is 1150. The first-order valence-electron chi connectivity index (χ1n) is 12.4. The lowest BCUT2D eigenvalue weighted by Crippen LogP contribution is -2.17. The average molecular weight is 480 g/mol. The molecule has 0 saturated carbocycles. The number of hydrogen-bond acceptors (Lipinski definition) is 3. The lowest BCUT2D eigenvalue weighted by atomic mass is 9.87. The first kappa shape index (κ1) is 26.8. The van der Waals surface area contributed by atoms with Crippen LogP contribution in [-0.4, -0.2) is 16.6 Å². The Morgan fingerprint density at radius 2 is 1.47 bits per heavy atom. The third kappa shape index (κ3) is 7.86. The molecule has 3 heteroatoms. The molecule has 3 nitrogen and oxygen atoms in total. The van der Waals surface area contributed by atoms with Crippen molar-refractivity contribution in [3.05, 3.63) is 150 Å². The van der Waals surface area contributed by atoms with Crippen molar-refractivity contribution in [3.63, 3.8) is 0 Å². The normalized spacial score (nSPS) is 12.6. The maximum absolute atomic E-state index is 9.90. The number of rotatable bonds is 13. The molecular formula is C33H37NO2. The summed E-state index contributed by atoms with van der Waals surface area (Å²) in [6.07, 6.45) is 8.79. The van der Waals surface area contributed by atoms with Gasteiger partial charge in [0.1, 0.15) is 12.4 Å². The van der Waals surface area contributed by atoms with Crippen LogP contribution in [-0.2, 0) is 13.2 Å². The molecule has 0 aromatic heterocycles. The van der Waals surface area contributed by atoms with Gasteiger partial charge in [-0.2, -0.15) is 0 Å². The molecule has 0 amide bonds. The second-order valence-corrected chi connectivity index (χ2v) is 8.95. The lowest BCUT2D eigenvalue weighted by Gasteiger charge is -2.25. The number of nitrogens with zero attached hydrogens (tertiary/aromatic N) is 1. The fourth-order valence-corrected chi connectivity index (χ4v) is 4.10. The summed E-state index contributed by atoms with van der Waals surface area (Å²) >= 11 is 0. The van der Waals surface area contributed by atoms with Gasteiger partial charge in [0.2, 0.25) is 0 Å². The largest absolute Gasteiger partial charge is 0.489 e. The highest BCUT2D eigenvalue weighted by atomic mass is 16.5. The van der Waals surface area contributed by atoms with Crippen LogP contribution in [0.15, 0.2) is 128 Å². The van der Waals surface area contributed by atoms with E-state index in [2.05, 4.69) is 72.9 Å². The maximum atomic E-state index is 9.90. The Hall–Kier alpha value is -3.82. The van der Waals surface area contributed by atoms with Crippen LogP contribution in [0.2, 0.25) is 0 Å². The highest BCUT2D eigenvalue weighted by molar-refractivity contribution is 5.45. The summed E-state index contributed by atoms with van der Waals surface area (Å²) < 4.78 is 6.35. The van der Waals surface area contributed by atoms with E-state index in [1.54, 1.807) is 0 Å². The number of hydrogen-bond donors (Lipinski definition) is 1. The fourth-order valence-electron chi connectivity index (χ4n) is 4.10. The Morgan fingerprint density at radius 1 is 0.861 bits per heavy atom. The third-order valence-corrected chi connectivity index (χ3v) is 6.13.